The van der Waals surface area contributed by atoms with E-state index in [1.165, 1.54) is 6.92 Å². The Labute approximate surface area is 191 Å². The number of amides is 2. The van der Waals surface area contributed by atoms with E-state index in [0.717, 1.165) is 5.56 Å². The first-order chi connectivity index (χ1) is 15.3. The molecule has 1 saturated heterocycles. The summed E-state index contributed by atoms with van der Waals surface area (Å²) >= 11 is 5.92. The van der Waals surface area contributed by atoms with Gasteiger partial charge in [0, 0.05) is 50.5 Å². The number of hydrogen-bond donors (Lipinski definition) is 1. The van der Waals surface area contributed by atoms with Crippen molar-refractivity contribution < 1.29 is 19.1 Å². The van der Waals surface area contributed by atoms with E-state index in [-0.39, 0.29) is 18.2 Å². The first-order valence-corrected chi connectivity index (χ1v) is 10.7. The maximum atomic E-state index is 12.8. The lowest BCUT2D eigenvalue weighted by Gasteiger charge is -2.35. The normalized spacial score (nSPS) is 15.6. The van der Waals surface area contributed by atoms with E-state index in [9.17, 15) is 14.4 Å². The van der Waals surface area contributed by atoms with Crippen LogP contribution in [0.3, 0.4) is 0 Å². The summed E-state index contributed by atoms with van der Waals surface area (Å²) in [4.78, 5) is 49.0. The molecule has 2 atom stereocenters. The number of halogens is 1. The molecule has 0 saturated carbocycles. The Hall–Kier alpha value is -3.20. The molecule has 10 heteroatoms. The Morgan fingerprint density at radius 1 is 1.09 bits per heavy atom. The number of nitrogens with zero attached hydrogens (tertiary/aromatic N) is 4. The fraction of sp³-hybridized carbons (Fsp3) is 0.409. The molecule has 170 valence electrons. The summed E-state index contributed by atoms with van der Waals surface area (Å²) in [6, 6.07) is 8.02. The molecule has 1 N–H and O–H groups in total. The van der Waals surface area contributed by atoms with Crippen LogP contribution in [0.25, 0.3) is 0 Å². The van der Waals surface area contributed by atoms with E-state index in [2.05, 4.69) is 15.3 Å². The number of nitrogens with one attached hydrogen (secondary N) is 1. The molecule has 1 fully saturated rings. The zero-order chi connectivity index (χ0) is 23.1. The lowest BCUT2D eigenvalue weighted by molar-refractivity contribution is -0.159. The molecule has 1 aliphatic heterocycles. The van der Waals surface area contributed by atoms with Gasteiger partial charge in [0.05, 0.1) is 12.5 Å². The number of hydrogen-bond acceptors (Lipinski definition) is 7. The summed E-state index contributed by atoms with van der Waals surface area (Å²) in [5, 5.41) is 3.29. The van der Waals surface area contributed by atoms with Crippen molar-refractivity contribution in [3.8, 4) is 0 Å². The number of carbonyl (C=O) groups is 3. The first-order valence-electron chi connectivity index (χ1n) is 10.4. The number of aromatic nitrogens is 2. The largest absolute Gasteiger partial charge is 0.452 e. The highest BCUT2D eigenvalue weighted by Crippen LogP contribution is 2.21. The molecular formula is C22H26ClN5O4. The highest BCUT2D eigenvalue weighted by molar-refractivity contribution is 6.30. The van der Waals surface area contributed by atoms with Gasteiger partial charge in [0.15, 0.2) is 6.10 Å². The van der Waals surface area contributed by atoms with Gasteiger partial charge in [-0.15, -0.1) is 0 Å². The average Bonchev–Trinajstić information content (AvgIpc) is 2.79. The van der Waals surface area contributed by atoms with Crippen molar-refractivity contribution >= 4 is 35.3 Å². The van der Waals surface area contributed by atoms with Crippen LogP contribution < -0.4 is 10.2 Å². The molecule has 2 unspecified atom stereocenters. The molecule has 2 heterocycles. The fourth-order valence-corrected chi connectivity index (χ4v) is 3.62. The second kappa shape index (κ2) is 10.9. The predicted octanol–water partition coefficient (Wildman–Crippen LogP) is 1.98. The number of rotatable bonds is 7. The number of carbonyl (C=O) groups excluding carboxylic acids is 3. The van der Waals surface area contributed by atoms with Crippen LogP contribution in [0.4, 0.5) is 5.95 Å². The van der Waals surface area contributed by atoms with Crippen molar-refractivity contribution in [2.24, 2.45) is 0 Å². The molecule has 2 amide bonds. The minimum Gasteiger partial charge on any atom is -0.452 e. The highest BCUT2D eigenvalue weighted by atomic mass is 35.5. The van der Waals surface area contributed by atoms with Crippen molar-refractivity contribution in [1.29, 1.82) is 0 Å². The van der Waals surface area contributed by atoms with Gasteiger partial charge in [-0.25, -0.2) is 9.97 Å². The maximum Gasteiger partial charge on any atom is 0.309 e. The van der Waals surface area contributed by atoms with Gasteiger partial charge >= 0.3 is 5.97 Å². The average molecular weight is 460 g/mol. The van der Waals surface area contributed by atoms with Gasteiger partial charge in [-0.1, -0.05) is 23.7 Å². The van der Waals surface area contributed by atoms with Gasteiger partial charge in [-0.05, 0) is 30.7 Å². The Balaban J connectivity index is 1.53. The van der Waals surface area contributed by atoms with Gasteiger partial charge in [-0.3, -0.25) is 14.4 Å². The van der Waals surface area contributed by atoms with Crippen LogP contribution in [0, 0.1) is 0 Å². The predicted molar refractivity (Wildman–Crippen MR) is 119 cm³/mol. The Kier molecular flexibility index (Phi) is 7.99. The Morgan fingerprint density at radius 2 is 1.72 bits per heavy atom. The van der Waals surface area contributed by atoms with Crippen LogP contribution in [0.2, 0.25) is 5.02 Å². The third-order valence-corrected chi connectivity index (χ3v) is 5.35. The van der Waals surface area contributed by atoms with Gasteiger partial charge in [0.25, 0.3) is 5.91 Å². The molecule has 0 radical (unpaired) electrons. The molecule has 0 bridgehead atoms. The number of ether oxygens (including phenoxy) is 1. The van der Waals surface area contributed by atoms with Crippen LogP contribution >= 0.6 is 11.6 Å². The minimum absolute atomic E-state index is 0.0992. The van der Waals surface area contributed by atoms with Crippen molar-refractivity contribution in [3.05, 3.63) is 53.3 Å². The van der Waals surface area contributed by atoms with Crippen molar-refractivity contribution in [1.82, 2.24) is 20.2 Å². The lowest BCUT2D eigenvalue weighted by Crippen LogP contribution is -2.52. The molecular weight excluding hydrogens is 434 g/mol. The van der Waals surface area contributed by atoms with E-state index in [4.69, 9.17) is 16.3 Å². The van der Waals surface area contributed by atoms with Crippen molar-refractivity contribution in [2.45, 2.75) is 32.4 Å². The van der Waals surface area contributed by atoms with E-state index < -0.39 is 18.1 Å². The Bertz CT molecular complexity index is 933. The fourth-order valence-electron chi connectivity index (χ4n) is 3.49. The van der Waals surface area contributed by atoms with Gasteiger partial charge in [0.2, 0.25) is 11.9 Å². The first kappa shape index (κ1) is 23.5. The smallest absolute Gasteiger partial charge is 0.309 e. The highest BCUT2D eigenvalue weighted by Gasteiger charge is 2.29. The molecule has 32 heavy (non-hydrogen) atoms. The van der Waals surface area contributed by atoms with Crippen molar-refractivity contribution in [2.75, 3.05) is 31.1 Å². The molecule has 1 aromatic carbocycles. The number of anilines is 1. The van der Waals surface area contributed by atoms with E-state index in [1.807, 2.05) is 4.90 Å². The van der Waals surface area contributed by atoms with Gasteiger partial charge < -0.3 is 19.9 Å². The monoisotopic (exact) mass is 459 g/mol. The minimum atomic E-state index is -0.926. The van der Waals surface area contributed by atoms with Gasteiger partial charge in [0.1, 0.15) is 0 Å². The van der Waals surface area contributed by atoms with Gasteiger partial charge in [-0.2, -0.15) is 0 Å². The third kappa shape index (κ3) is 6.40. The quantitative estimate of drug-likeness (QED) is 0.631. The standard InChI is InChI=1S/C22H26ClN5O4/c1-15(21(31)27-10-12-28(13-11-27)22-24-8-3-9-25-22)32-20(30)14-19(26-16(2)29)17-4-6-18(23)7-5-17/h3-9,15,19H,10-14H2,1-2H3,(H,26,29). The zero-order valence-electron chi connectivity index (χ0n) is 18.0. The third-order valence-electron chi connectivity index (χ3n) is 5.10. The second-order valence-corrected chi connectivity index (χ2v) is 7.94. The summed E-state index contributed by atoms with van der Waals surface area (Å²) in [6.45, 7) is 5.09. The SMILES string of the molecule is CC(=O)NC(CC(=O)OC(C)C(=O)N1CCN(c2ncccn2)CC1)c1ccc(Cl)cc1. The van der Waals surface area contributed by atoms with Crippen LogP contribution in [0.1, 0.15) is 31.9 Å². The number of esters is 1. The molecule has 3 rings (SSSR count). The molecule has 1 aromatic heterocycles. The van der Waals surface area contributed by atoms with Crippen LogP contribution in [-0.4, -0.2) is 64.9 Å². The summed E-state index contributed by atoms with van der Waals surface area (Å²) in [6.07, 6.45) is 2.34. The second-order valence-electron chi connectivity index (χ2n) is 7.50. The van der Waals surface area contributed by atoms with Crippen LogP contribution in [0.5, 0.6) is 0 Å². The van der Waals surface area contributed by atoms with Crippen LogP contribution in [0.15, 0.2) is 42.7 Å². The number of piperazine rings is 1. The lowest BCUT2D eigenvalue weighted by atomic mass is 10.0. The van der Waals surface area contributed by atoms with Crippen LogP contribution in [-0.2, 0) is 19.1 Å². The molecule has 0 spiro atoms. The van der Waals surface area contributed by atoms with E-state index >= 15 is 0 Å². The summed E-state index contributed by atoms with van der Waals surface area (Å²) in [5.74, 6) is -0.474. The van der Waals surface area contributed by atoms with E-state index in [0.29, 0.717) is 37.1 Å². The molecule has 2 aromatic rings. The Morgan fingerprint density at radius 3 is 2.31 bits per heavy atom. The topological polar surface area (TPSA) is 105 Å². The summed E-state index contributed by atoms with van der Waals surface area (Å²) < 4.78 is 5.39. The van der Waals surface area contributed by atoms with E-state index in [1.54, 1.807) is 54.5 Å². The molecule has 9 nitrogen and oxygen atoms in total. The van der Waals surface area contributed by atoms with Crippen molar-refractivity contribution in [3.63, 3.8) is 0 Å². The maximum absolute atomic E-state index is 12.8. The molecule has 1 aliphatic rings. The number of benzene rings is 1. The summed E-state index contributed by atoms with van der Waals surface area (Å²) in [7, 11) is 0. The molecule has 0 aliphatic carbocycles. The zero-order valence-corrected chi connectivity index (χ0v) is 18.8. The summed E-state index contributed by atoms with van der Waals surface area (Å²) in [5.41, 5.74) is 0.722.